The van der Waals surface area contributed by atoms with Gasteiger partial charge in [0.15, 0.2) is 0 Å². The summed E-state index contributed by atoms with van der Waals surface area (Å²) >= 11 is 7.48. The van der Waals surface area contributed by atoms with Crippen molar-refractivity contribution in [3.8, 4) is 11.5 Å². The summed E-state index contributed by atoms with van der Waals surface area (Å²) in [5.41, 5.74) is 0. The van der Waals surface area contributed by atoms with Crippen molar-refractivity contribution in [3.05, 3.63) is 23.2 Å². The first-order valence-electron chi connectivity index (χ1n) is 5.58. The van der Waals surface area contributed by atoms with Crippen LogP contribution < -0.4 is 9.47 Å². The van der Waals surface area contributed by atoms with Gasteiger partial charge in [0.2, 0.25) is 0 Å². The van der Waals surface area contributed by atoms with E-state index in [0.717, 1.165) is 18.2 Å². The van der Waals surface area contributed by atoms with Gasteiger partial charge in [0.25, 0.3) is 0 Å². The molecule has 1 N–H and O–H groups in total. The Labute approximate surface area is 147 Å². The fraction of sp³-hybridized carbons (Fsp3) is 0.273. The van der Waals surface area contributed by atoms with E-state index in [1.54, 1.807) is 29.5 Å². The summed E-state index contributed by atoms with van der Waals surface area (Å²) < 4.78 is 63.8. The maximum Gasteiger partial charge on any atom is 0.466 e. The van der Waals surface area contributed by atoms with Crippen LogP contribution in [0.5, 0.6) is 11.5 Å². The largest absolute Gasteiger partial charge is 0.466 e. The molecule has 1 aromatic carbocycles. The third kappa shape index (κ3) is 4.96. The van der Waals surface area contributed by atoms with Crippen LogP contribution in [0.1, 0.15) is 6.92 Å². The van der Waals surface area contributed by atoms with Crippen LogP contribution in [-0.2, 0) is 19.7 Å². The number of carbonyl (C=O) groups excluding carboxylic acids is 2. The number of alkyl halides is 3. The topological polar surface area (TPSA) is 107 Å². The third-order valence-corrected chi connectivity index (χ3v) is 3.83. The molecule has 128 valence electrons. The fourth-order valence-electron chi connectivity index (χ4n) is 1.09. The van der Waals surface area contributed by atoms with Gasteiger partial charge in [-0.3, -0.25) is 9.35 Å². The average molecular weight is 485 g/mol. The van der Waals surface area contributed by atoms with Gasteiger partial charge in [-0.25, -0.2) is 4.79 Å². The molecule has 0 saturated carbocycles. The van der Waals surface area contributed by atoms with Crippen molar-refractivity contribution in [2.24, 2.45) is 0 Å². The van der Waals surface area contributed by atoms with Crippen LogP contribution in [0.15, 0.2) is 18.2 Å². The maximum absolute atomic E-state index is 13.1. The highest BCUT2D eigenvalue weighted by molar-refractivity contribution is 14.1. The molecule has 0 aliphatic carbocycles. The van der Waals surface area contributed by atoms with E-state index < -0.39 is 42.0 Å². The second-order valence-corrected chi connectivity index (χ2v) is 7.75. The molecular formula is C11H8ClF2IO7S. The summed E-state index contributed by atoms with van der Waals surface area (Å²) in [6, 6.07) is 3.02. The number of halogens is 4. The highest BCUT2D eigenvalue weighted by Gasteiger charge is 2.54. The standard InChI is InChI=1S/C11H8ClF2IO7S/c1-5(15)9(16)21-6-2-3-8(7(12)4-6)22-10(17)11(13,14)23(18,19)20/h2-5H,1H3,(H,18,19,20). The number of rotatable bonds is 5. The Hall–Kier alpha value is -1.05. The average Bonchev–Trinajstić information content (AvgIpc) is 2.40. The fourth-order valence-corrected chi connectivity index (χ4v) is 1.68. The summed E-state index contributed by atoms with van der Waals surface area (Å²) in [6.45, 7) is 1.57. The molecule has 0 aliphatic heterocycles. The molecule has 12 heteroatoms. The normalized spacial score (nSPS) is 13.3. The molecule has 0 bridgehead atoms. The Kier molecular flexibility index (Phi) is 6.29. The Morgan fingerprint density at radius 3 is 2.35 bits per heavy atom. The SMILES string of the molecule is CC(I)C(=O)Oc1ccc(OC(=O)C(F)(F)S(=O)(=O)O)c(Cl)c1. The van der Waals surface area contributed by atoms with Crippen LogP contribution in [0, 0.1) is 0 Å². The molecule has 0 radical (unpaired) electrons. The smallest absolute Gasteiger partial charge is 0.426 e. The third-order valence-electron chi connectivity index (χ3n) is 2.21. The van der Waals surface area contributed by atoms with Gasteiger partial charge in [-0.05, 0) is 19.1 Å². The van der Waals surface area contributed by atoms with Gasteiger partial charge in [0.1, 0.15) is 15.4 Å². The lowest BCUT2D eigenvalue weighted by molar-refractivity contribution is -0.151. The van der Waals surface area contributed by atoms with Crippen molar-refractivity contribution in [3.63, 3.8) is 0 Å². The van der Waals surface area contributed by atoms with E-state index in [4.69, 9.17) is 20.9 Å². The Balaban J connectivity index is 2.96. The molecule has 1 unspecified atom stereocenters. The second kappa shape index (κ2) is 7.23. The lowest BCUT2D eigenvalue weighted by Crippen LogP contribution is -2.40. The minimum absolute atomic E-state index is 0.0372. The molecule has 1 aromatic rings. The van der Waals surface area contributed by atoms with Gasteiger partial charge in [-0.1, -0.05) is 34.2 Å². The number of benzene rings is 1. The van der Waals surface area contributed by atoms with E-state index in [9.17, 15) is 26.8 Å². The monoisotopic (exact) mass is 484 g/mol. The minimum atomic E-state index is -5.99. The number of hydrogen-bond acceptors (Lipinski definition) is 6. The van der Waals surface area contributed by atoms with Crippen molar-refractivity contribution in [2.75, 3.05) is 0 Å². The van der Waals surface area contributed by atoms with Gasteiger partial charge < -0.3 is 9.47 Å². The van der Waals surface area contributed by atoms with E-state index in [-0.39, 0.29) is 5.75 Å². The van der Waals surface area contributed by atoms with E-state index in [1.165, 1.54) is 0 Å². The summed E-state index contributed by atoms with van der Waals surface area (Å²) in [6.07, 6.45) is 0. The molecule has 0 spiro atoms. The minimum Gasteiger partial charge on any atom is -0.426 e. The molecule has 0 fully saturated rings. The van der Waals surface area contributed by atoms with Gasteiger partial charge in [-0.2, -0.15) is 17.2 Å². The molecule has 23 heavy (non-hydrogen) atoms. The summed E-state index contributed by atoms with van der Waals surface area (Å²) in [4.78, 5) is 22.5. The molecular weight excluding hydrogens is 477 g/mol. The maximum atomic E-state index is 13.1. The predicted octanol–water partition coefficient (Wildman–Crippen LogP) is 2.45. The first-order chi connectivity index (χ1) is 10.4. The molecule has 7 nitrogen and oxygen atoms in total. The van der Waals surface area contributed by atoms with Crippen molar-refractivity contribution in [1.29, 1.82) is 0 Å². The summed E-state index contributed by atoms with van der Waals surface area (Å²) in [5, 5.41) is -5.55. The zero-order chi connectivity index (χ0) is 18.0. The summed E-state index contributed by atoms with van der Waals surface area (Å²) in [7, 11) is -5.99. The van der Waals surface area contributed by atoms with Crippen LogP contribution >= 0.6 is 34.2 Å². The highest BCUT2D eigenvalue weighted by atomic mass is 127. The number of ether oxygens (including phenoxy) is 2. The molecule has 0 aromatic heterocycles. The quantitative estimate of drug-likeness (QED) is 0.225. The molecule has 0 amide bonds. The predicted molar refractivity (Wildman–Crippen MR) is 82.7 cm³/mol. The van der Waals surface area contributed by atoms with Crippen molar-refractivity contribution in [2.45, 2.75) is 16.1 Å². The zero-order valence-electron chi connectivity index (χ0n) is 11.1. The lowest BCUT2D eigenvalue weighted by Gasteiger charge is -2.13. The van der Waals surface area contributed by atoms with Crippen LogP contribution in [0.25, 0.3) is 0 Å². The molecule has 0 aliphatic rings. The Morgan fingerprint density at radius 1 is 1.35 bits per heavy atom. The van der Waals surface area contributed by atoms with E-state index in [1.807, 2.05) is 0 Å². The molecule has 1 atom stereocenters. The van der Waals surface area contributed by atoms with Crippen molar-refractivity contribution < 1.29 is 40.8 Å². The van der Waals surface area contributed by atoms with Crippen LogP contribution in [0.4, 0.5) is 8.78 Å². The van der Waals surface area contributed by atoms with Crippen molar-refractivity contribution in [1.82, 2.24) is 0 Å². The van der Waals surface area contributed by atoms with E-state index in [0.29, 0.717) is 0 Å². The van der Waals surface area contributed by atoms with Crippen LogP contribution in [-0.4, -0.2) is 34.1 Å². The van der Waals surface area contributed by atoms with Crippen molar-refractivity contribution >= 4 is 56.2 Å². The lowest BCUT2D eigenvalue weighted by atomic mass is 10.3. The Bertz CT molecular complexity index is 736. The van der Waals surface area contributed by atoms with Crippen LogP contribution in [0.3, 0.4) is 0 Å². The molecule has 0 saturated heterocycles. The first kappa shape index (κ1) is 20.0. The van der Waals surface area contributed by atoms with Gasteiger partial charge >= 0.3 is 27.3 Å². The first-order valence-corrected chi connectivity index (χ1v) is 8.65. The van der Waals surface area contributed by atoms with Gasteiger partial charge in [0, 0.05) is 6.07 Å². The molecule has 1 rings (SSSR count). The summed E-state index contributed by atoms with van der Waals surface area (Å²) in [5.74, 6) is -3.77. The number of hydrogen-bond donors (Lipinski definition) is 1. The molecule has 0 heterocycles. The van der Waals surface area contributed by atoms with Gasteiger partial charge in [0.05, 0.1) is 5.02 Å². The number of esters is 2. The van der Waals surface area contributed by atoms with Gasteiger partial charge in [-0.15, -0.1) is 0 Å². The number of carbonyl (C=O) groups is 2. The highest BCUT2D eigenvalue weighted by Crippen LogP contribution is 2.31. The second-order valence-electron chi connectivity index (χ2n) is 4.01. The zero-order valence-corrected chi connectivity index (χ0v) is 14.9. The Morgan fingerprint density at radius 2 is 1.91 bits per heavy atom. The van der Waals surface area contributed by atoms with Crippen LogP contribution in [0.2, 0.25) is 5.02 Å². The van der Waals surface area contributed by atoms with E-state index >= 15 is 0 Å². The van der Waals surface area contributed by atoms with E-state index in [2.05, 4.69) is 4.74 Å².